The topological polar surface area (TPSA) is 86.1 Å². The van der Waals surface area contributed by atoms with Gasteiger partial charge >= 0.3 is 0 Å². The van der Waals surface area contributed by atoms with Gasteiger partial charge in [-0.15, -0.1) is 0 Å². The Kier molecular flexibility index (Phi) is 3.92. The van der Waals surface area contributed by atoms with Gasteiger partial charge in [0.25, 0.3) is 0 Å². The van der Waals surface area contributed by atoms with E-state index in [1.54, 1.807) is 0 Å². The summed E-state index contributed by atoms with van der Waals surface area (Å²) in [7, 11) is 0. The predicted octanol–water partition coefficient (Wildman–Crippen LogP) is 2.07. The van der Waals surface area contributed by atoms with Crippen LogP contribution in [0.3, 0.4) is 0 Å². The number of halogens is 2. The van der Waals surface area contributed by atoms with Gasteiger partial charge in [-0.1, -0.05) is 11.6 Å². The van der Waals surface area contributed by atoms with Crippen LogP contribution in [0.25, 0.3) is 0 Å². The Morgan fingerprint density at radius 3 is 2.69 bits per heavy atom. The molecule has 6 nitrogen and oxygen atoms in total. The highest BCUT2D eigenvalue weighted by atomic mass is 35.5. The fraction of sp³-hybridized carbons (Fsp3) is 0.556. The summed E-state index contributed by atoms with van der Waals surface area (Å²) >= 11 is 5.76. The molecule has 1 N–H and O–H groups in total. The van der Waals surface area contributed by atoms with Gasteiger partial charge in [0.15, 0.2) is 0 Å². The number of aromatic nitrogens is 1. The summed E-state index contributed by atoms with van der Waals surface area (Å²) in [6.07, 6.45) is 4.88. The van der Waals surface area contributed by atoms with Crippen LogP contribution in [-0.4, -0.2) is 39.8 Å². The van der Waals surface area contributed by atoms with E-state index in [2.05, 4.69) is 16.4 Å². The fourth-order valence-corrected chi connectivity index (χ4v) is 3.85. The van der Waals surface area contributed by atoms with Crippen LogP contribution in [0, 0.1) is 17.1 Å². The predicted molar refractivity (Wildman–Crippen MR) is 90.6 cm³/mol. The van der Waals surface area contributed by atoms with Crippen LogP contribution >= 0.6 is 11.6 Å². The molecule has 2 amide bonds. The van der Waals surface area contributed by atoms with Crippen LogP contribution in [0.1, 0.15) is 44.2 Å². The van der Waals surface area contributed by atoms with Crippen LogP contribution < -0.4 is 5.32 Å². The van der Waals surface area contributed by atoms with Crippen LogP contribution in [0.15, 0.2) is 12.3 Å². The molecule has 26 heavy (non-hydrogen) atoms. The van der Waals surface area contributed by atoms with Gasteiger partial charge in [-0.3, -0.25) is 14.6 Å². The Morgan fingerprint density at radius 1 is 1.38 bits per heavy atom. The van der Waals surface area contributed by atoms with Gasteiger partial charge in [0, 0.05) is 12.7 Å². The molecule has 0 radical (unpaired) electrons. The summed E-state index contributed by atoms with van der Waals surface area (Å²) in [6, 6.07) is 2.68. The lowest BCUT2D eigenvalue weighted by Crippen LogP contribution is -2.51. The molecule has 2 aliphatic carbocycles. The van der Waals surface area contributed by atoms with Crippen LogP contribution in [0.5, 0.6) is 0 Å². The minimum absolute atomic E-state index is 0.105. The van der Waals surface area contributed by atoms with Gasteiger partial charge in [-0.05, 0) is 44.6 Å². The first-order valence-corrected chi connectivity index (χ1v) is 9.14. The Morgan fingerprint density at radius 2 is 2.12 bits per heavy atom. The maximum atomic E-state index is 14.3. The molecule has 1 unspecified atom stereocenters. The van der Waals surface area contributed by atoms with E-state index in [9.17, 15) is 14.0 Å². The molecule has 1 aliphatic heterocycles. The second-order valence-corrected chi connectivity index (χ2v) is 7.84. The second-order valence-electron chi connectivity index (χ2n) is 7.41. The zero-order valence-electron chi connectivity index (χ0n) is 14.1. The third kappa shape index (κ3) is 2.73. The van der Waals surface area contributed by atoms with Crippen molar-refractivity contribution < 1.29 is 14.0 Å². The zero-order chi connectivity index (χ0) is 18.5. The van der Waals surface area contributed by atoms with E-state index >= 15 is 0 Å². The lowest BCUT2D eigenvalue weighted by molar-refractivity contribution is -0.140. The number of likely N-dealkylation sites (tertiary alicyclic amines) is 1. The second kappa shape index (κ2) is 5.92. The van der Waals surface area contributed by atoms with Crippen molar-refractivity contribution in [3.8, 4) is 6.07 Å². The number of hydrogen-bond acceptors (Lipinski definition) is 4. The lowest BCUT2D eigenvalue weighted by Gasteiger charge is -2.28. The largest absolute Gasteiger partial charge is 0.336 e. The quantitative estimate of drug-likeness (QED) is 0.871. The van der Waals surface area contributed by atoms with Crippen LogP contribution in [0.4, 0.5) is 4.39 Å². The van der Waals surface area contributed by atoms with E-state index in [4.69, 9.17) is 16.9 Å². The molecule has 1 aromatic heterocycles. The smallest absolute Gasteiger partial charge is 0.244 e. The number of nitriles is 1. The molecule has 4 rings (SSSR count). The maximum Gasteiger partial charge on any atom is 0.244 e. The fourth-order valence-electron chi connectivity index (χ4n) is 3.71. The van der Waals surface area contributed by atoms with Gasteiger partial charge in [-0.2, -0.15) is 5.26 Å². The number of nitrogens with one attached hydrogen (secondary N) is 1. The molecule has 1 atom stereocenters. The van der Waals surface area contributed by atoms with Gasteiger partial charge in [-0.25, -0.2) is 4.39 Å². The van der Waals surface area contributed by atoms with Crippen molar-refractivity contribution in [1.29, 1.82) is 5.26 Å². The molecular formula is C18H18ClFN4O2. The minimum Gasteiger partial charge on any atom is -0.336 e. The third-order valence-corrected chi connectivity index (χ3v) is 5.77. The van der Waals surface area contributed by atoms with Crippen molar-refractivity contribution in [1.82, 2.24) is 15.2 Å². The minimum atomic E-state index is -0.996. The van der Waals surface area contributed by atoms with E-state index in [0.717, 1.165) is 6.07 Å². The molecule has 0 aromatic carbocycles. The van der Waals surface area contributed by atoms with Crippen molar-refractivity contribution in [2.75, 3.05) is 6.54 Å². The van der Waals surface area contributed by atoms with Crippen molar-refractivity contribution in [3.63, 3.8) is 0 Å². The van der Waals surface area contributed by atoms with Gasteiger partial charge in [0.2, 0.25) is 11.8 Å². The van der Waals surface area contributed by atoms with E-state index < -0.39 is 22.8 Å². The van der Waals surface area contributed by atoms with Crippen molar-refractivity contribution in [2.24, 2.45) is 0 Å². The normalized spacial score (nSPS) is 24.7. The summed E-state index contributed by atoms with van der Waals surface area (Å²) < 4.78 is 14.3. The molecule has 0 spiro atoms. The number of pyridine rings is 1. The standard InChI is InChI=1S/C18H18ClFN4O2/c19-11-8-12(20)14(22-9-11)18(5-6-18)16(26)24-7-1-2-13(24)15(25)23-17(10-21)3-4-17/h8-9,13H,1-7H2,(H,23,25). The first-order valence-electron chi connectivity index (χ1n) is 8.77. The zero-order valence-corrected chi connectivity index (χ0v) is 14.9. The van der Waals surface area contributed by atoms with E-state index in [0.29, 0.717) is 45.1 Å². The Hall–Kier alpha value is -2.20. The molecule has 3 fully saturated rings. The number of amides is 2. The van der Waals surface area contributed by atoms with E-state index in [1.165, 1.54) is 11.1 Å². The molecule has 136 valence electrons. The van der Waals surface area contributed by atoms with Crippen molar-refractivity contribution in [2.45, 2.75) is 55.5 Å². The lowest BCUT2D eigenvalue weighted by atomic mass is 9.98. The van der Waals surface area contributed by atoms with Crippen molar-refractivity contribution >= 4 is 23.4 Å². The summed E-state index contributed by atoms with van der Waals surface area (Å²) in [4.78, 5) is 31.4. The van der Waals surface area contributed by atoms with E-state index in [-0.39, 0.29) is 22.5 Å². The monoisotopic (exact) mass is 376 g/mol. The summed E-state index contributed by atoms with van der Waals surface area (Å²) in [5, 5.41) is 12.1. The molecule has 3 aliphatic rings. The molecule has 1 saturated heterocycles. The number of nitrogens with zero attached hydrogens (tertiary/aromatic N) is 3. The molecular weight excluding hydrogens is 359 g/mol. The number of carbonyl (C=O) groups is 2. The van der Waals surface area contributed by atoms with E-state index in [1.807, 2.05) is 0 Å². The summed E-state index contributed by atoms with van der Waals surface area (Å²) in [6.45, 7) is 0.452. The molecule has 0 bridgehead atoms. The average Bonchev–Trinajstić information content (AvgIpc) is 3.52. The number of rotatable bonds is 4. The average molecular weight is 377 g/mol. The highest BCUT2D eigenvalue weighted by Gasteiger charge is 2.58. The summed E-state index contributed by atoms with van der Waals surface area (Å²) in [5.74, 6) is -1.15. The number of hydrogen-bond donors (Lipinski definition) is 1. The number of carbonyl (C=O) groups excluding carboxylic acids is 2. The summed E-state index contributed by atoms with van der Waals surface area (Å²) in [5.41, 5.74) is -1.66. The third-order valence-electron chi connectivity index (χ3n) is 5.56. The molecule has 2 heterocycles. The Balaban J connectivity index is 1.55. The maximum absolute atomic E-state index is 14.3. The first kappa shape index (κ1) is 17.2. The molecule has 2 saturated carbocycles. The highest BCUT2D eigenvalue weighted by Crippen LogP contribution is 2.50. The highest BCUT2D eigenvalue weighted by molar-refractivity contribution is 6.30. The van der Waals surface area contributed by atoms with Gasteiger partial charge in [0.1, 0.15) is 17.4 Å². The first-order chi connectivity index (χ1) is 12.4. The van der Waals surface area contributed by atoms with Crippen LogP contribution in [-0.2, 0) is 15.0 Å². The molecule has 8 heteroatoms. The van der Waals surface area contributed by atoms with Gasteiger partial charge in [0.05, 0.1) is 22.2 Å². The Bertz CT molecular complexity index is 829. The molecule has 1 aromatic rings. The van der Waals surface area contributed by atoms with Gasteiger partial charge < -0.3 is 10.2 Å². The Labute approximate surface area is 155 Å². The van der Waals surface area contributed by atoms with Crippen molar-refractivity contribution in [3.05, 3.63) is 28.8 Å². The van der Waals surface area contributed by atoms with Crippen LogP contribution in [0.2, 0.25) is 5.02 Å². The SMILES string of the molecule is N#CC1(NC(=O)C2CCCN2C(=O)C2(c3ncc(Cl)cc3F)CC2)CC1.